The Hall–Kier alpha value is -2.28. The van der Waals surface area contributed by atoms with Crippen molar-refractivity contribution in [1.29, 1.82) is 0 Å². The molecular weight excluding hydrogens is 343 g/mol. The summed E-state index contributed by atoms with van der Waals surface area (Å²) in [4.78, 5) is 27.5. The first-order chi connectivity index (χ1) is 12.0. The number of aromatic nitrogens is 1. The molecule has 0 bridgehead atoms. The van der Waals surface area contributed by atoms with Gasteiger partial charge in [-0.3, -0.25) is 4.79 Å². The van der Waals surface area contributed by atoms with Crippen LogP contribution >= 0.6 is 11.3 Å². The standard InChI is InChI=1S/C18H19FN2O3S/c19-13-4-1-3-12(9-13)10-18(6-2-7-18)17(24)20-8-5-15-21-14(11-25-15)16(22)23/h1,3-4,9,11H,2,5-8,10H2,(H,20,24)(H,22,23). The molecule has 7 heteroatoms. The van der Waals surface area contributed by atoms with E-state index in [-0.39, 0.29) is 17.4 Å². The lowest BCUT2D eigenvalue weighted by Gasteiger charge is -2.40. The quantitative estimate of drug-likeness (QED) is 0.793. The fourth-order valence-corrected chi connectivity index (χ4v) is 3.89. The van der Waals surface area contributed by atoms with Crippen molar-refractivity contribution in [1.82, 2.24) is 10.3 Å². The Labute approximate surface area is 148 Å². The topological polar surface area (TPSA) is 79.3 Å². The van der Waals surface area contributed by atoms with E-state index in [1.54, 1.807) is 6.07 Å². The molecule has 1 saturated carbocycles. The number of thiazole rings is 1. The Balaban J connectivity index is 1.56. The predicted molar refractivity (Wildman–Crippen MR) is 92.2 cm³/mol. The monoisotopic (exact) mass is 362 g/mol. The van der Waals surface area contributed by atoms with Crippen LogP contribution in [-0.2, 0) is 17.6 Å². The fourth-order valence-electron chi connectivity index (χ4n) is 3.12. The highest BCUT2D eigenvalue weighted by Crippen LogP contribution is 2.44. The molecule has 1 heterocycles. The van der Waals surface area contributed by atoms with Crippen molar-refractivity contribution in [3.8, 4) is 0 Å². The second kappa shape index (κ2) is 7.31. The summed E-state index contributed by atoms with van der Waals surface area (Å²) in [6.07, 6.45) is 3.64. The van der Waals surface area contributed by atoms with Crippen molar-refractivity contribution in [3.63, 3.8) is 0 Å². The van der Waals surface area contributed by atoms with Crippen molar-refractivity contribution in [2.45, 2.75) is 32.1 Å². The molecule has 1 fully saturated rings. The van der Waals surface area contributed by atoms with Gasteiger partial charge in [0, 0.05) is 18.3 Å². The van der Waals surface area contributed by atoms with E-state index in [2.05, 4.69) is 10.3 Å². The number of nitrogens with zero attached hydrogens (tertiary/aromatic N) is 1. The molecule has 0 saturated heterocycles. The van der Waals surface area contributed by atoms with Crippen LogP contribution in [0.3, 0.4) is 0 Å². The van der Waals surface area contributed by atoms with E-state index in [1.807, 2.05) is 6.07 Å². The Morgan fingerprint density at radius 1 is 1.36 bits per heavy atom. The summed E-state index contributed by atoms with van der Waals surface area (Å²) in [5, 5.41) is 14.0. The van der Waals surface area contributed by atoms with Crippen molar-refractivity contribution < 1.29 is 19.1 Å². The van der Waals surface area contributed by atoms with Gasteiger partial charge in [-0.25, -0.2) is 14.2 Å². The zero-order valence-corrected chi connectivity index (χ0v) is 14.4. The third-order valence-corrected chi connectivity index (χ3v) is 5.53. The SMILES string of the molecule is O=C(O)c1csc(CCNC(=O)C2(Cc3cccc(F)c3)CCC2)n1. The van der Waals surface area contributed by atoms with Gasteiger partial charge in [0.05, 0.1) is 10.4 Å². The molecule has 5 nitrogen and oxygen atoms in total. The smallest absolute Gasteiger partial charge is 0.355 e. The molecule has 0 atom stereocenters. The number of aromatic carboxylic acids is 1. The Bertz CT molecular complexity index is 786. The molecule has 1 aromatic heterocycles. The van der Waals surface area contributed by atoms with Gasteiger partial charge in [0.15, 0.2) is 5.69 Å². The number of carbonyl (C=O) groups excluding carboxylic acids is 1. The van der Waals surface area contributed by atoms with Gasteiger partial charge >= 0.3 is 5.97 Å². The van der Waals surface area contributed by atoms with Gasteiger partial charge < -0.3 is 10.4 Å². The van der Waals surface area contributed by atoms with Gasteiger partial charge in [0.1, 0.15) is 5.82 Å². The van der Waals surface area contributed by atoms with Crippen LogP contribution in [0.25, 0.3) is 0 Å². The zero-order chi connectivity index (χ0) is 17.9. The van der Waals surface area contributed by atoms with E-state index in [4.69, 9.17) is 5.11 Å². The maximum absolute atomic E-state index is 13.4. The largest absolute Gasteiger partial charge is 0.476 e. The van der Waals surface area contributed by atoms with Crippen LogP contribution in [0.2, 0.25) is 0 Å². The first-order valence-corrected chi connectivity index (χ1v) is 9.07. The Kier molecular flexibility index (Phi) is 5.13. The minimum Gasteiger partial charge on any atom is -0.476 e. The summed E-state index contributed by atoms with van der Waals surface area (Å²) in [6.45, 7) is 0.413. The highest BCUT2D eigenvalue weighted by Gasteiger charge is 2.43. The van der Waals surface area contributed by atoms with Crippen LogP contribution < -0.4 is 5.32 Å². The van der Waals surface area contributed by atoms with Gasteiger partial charge in [0.2, 0.25) is 5.91 Å². The Morgan fingerprint density at radius 2 is 2.16 bits per heavy atom. The zero-order valence-electron chi connectivity index (χ0n) is 13.6. The maximum atomic E-state index is 13.4. The van der Waals surface area contributed by atoms with Gasteiger partial charge in [-0.05, 0) is 37.0 Å². The molecule has 132 valence electrons. The molecule has 1 aromatic carbocycles. The van der Waals surface area contributed by atoms with Crippen LogP contribution in [0.1, 0.15) is 40.3 Å². The van der Waals surface area contributed by atoms with Crippen molar-refractivity contribution >= 4 is 23.2 Å². The summed E-state index contributed by atoms with van der Waals surface area (Å²) in [7, 11) is 0. The number of carboxylic acids is 1. The van der Waals surface area contributed by atoms with Crippen LogP contribution in [0, 0.1) is 11.2 Å². The average Bonchev–Trinajstić information content (AvgIpc) is 3.00. The number of rotatable bonds is 7. The summed E-state index contributed by atoms with van der Waals surface area (Å²) < 4.78 is 13.4. The second-order valence-corrected chi connectivity index (χ2v) is 7.32. The second-order valence-electron chi connectivity index (χ2n) is 6.38. The lowest BCUT2D eigenvalue weighted by atomic mass is 9.64. The number of hydrogen-bond acceptors (Lipinski definition) is 4. The van der Waals surface area contributed by atoms with Crippen molar-refractivity contribution in [2.24, 2.45) is 5.41 Å². The molecule has 0 radical (unpaired) electrons. The number of nitrogens with one attached hydrogen (secondary N) is 1. The fraction of sp³-hybridized carbons (Fsp3) is 0.389. The molecule has 1 aliphatic carbocycles. The molecule has 0 spiro atoms. The summed E-state index contributed by atoms with van der Waals surface area (Å²) >= 11 is 1.28. The third kappa shape index (κ3) is 4.04. The number of carboxylic acid groups (broad SMARTS) is 1. The van der Waals surface area contributed by atoms with E-state index in [9.17, 15) is 14.0 Å². The first-order valence-electron chi connectivity index (χ1n) is 8.19. The highest BCUT2D eigenvalue weighted by molar-refractivity contribution is 7.09. The number of benzene rings is 1. The molecule has 0 aliphatic heterocycles. The number of hydrogen-bond donors (Lipinski definition) is 2. The average molecular weight is 362 g/mol. The van der Waals surface area contributed by atoms with Gasteiger partial charge in [-0.15, -0.1) is 11.3 Å². The van der Waals surface area contributed by atoms with E-state index >= 15 is 0 Å². The molecular formula is C18H19FN2O3S. The number of amides is 1. The summed E-state index contributed by atoms with van der Waals surface area (Å²) in [5.74, 6) is -1.35. The minimum absolute atomic E-state index is 0.0157. The molecule has 2 aromatic rings. The first kappa shape index (κ1) is 17.5. The summed E-state index contributed by atoms with van der Waals surface area (Å²) in [6, 6.07) is 6.39. The summed E-state index contributed by atoms with van der Waals surface area (Å²) in [5.41, 5.74) is 0.414. The molecule has 0 unspecified atom stereocenters. The molecule has 25 heavy (non-hydrogen) atoms. The van der Waals surface area contributed by atoms with E-state index < -0.39 is 11.4 Å². The van der Waals surface area contributed by atoms with Gasteiger partial charge in [0.25, 0.3) is 0 Å². The number of carbonyl (C=O) groups is 2. The lowest BCUT2D eigenvalue weighted by Crippen LogP contribution is -2.47. The highest BCUT2D eigenvalue weighted by atomic mass is 32.1. The van der Waals surface area contributed by atoms with Gasteiger partial charge in [-0.1, -0.05) is 18.6 Å². The maximum Gasteiger partial charge on any atom is 0.355 e. The molecule has 3 rings (SSSR count). The van der Waals surface area contributed by atoms with E-state index in [0.717, 1.165) is 24.8 Å². The van der Waals surface area contributed by atoms with Crippen molar-refractivity contribution in [3.05, 3.63) is 51.7 Å². The number of halogens is 1. The van der Waals surface area contributed by atoms with Crippen LogP contribution in [0.4, 0.5) is 4.39 Å². The minimum atomic E-state index is -1.05. The Morgan fingerprint density at radius 3 is 2.76 bits per heavy atom. The van der Waals surface area contributed by atoms with Crippen LogP contribution in [-0.4, -0.2) is 28.5 Å². The normalized spacial score (nSPS) is 15.4. The molecule has 2 N–H and O–H groups in total. The molecule has 1 amide bonds. The lowest BCUT2D eigenvalue weighted by molar-refractivity contribution is -0.135. The van der Waals surface area contributed by atoms with E-state index in [0.29, 0.717) is 24.4 Å². The van der Waals surface area contributed by atoms with Crippen LogP contribution in [0.5, 0.6) is 0 Å². The molecule has 1 aliphatic rings. The third-order valence-electron chi connectivity index (χ3n) is 4.62. The van der Waals surface area contributed by atoms with E-state index in [1.165, 1.54) is 28.8 Å². The van der Waals surface area contributed by atoms with Gasteiger partial charge in [-0.2, -0.15) is 0 Å². The van der Waals surface area contributed by atoms with Crippen LogP contribution in [0.15, 0.2) is 29.6 Å². The van der Waals surface area contributed by atoms with Crippen molar-refractivity contribution in [2.75, 3.05) is 6.54 Å². The predicted octanol–water partition coefficient (Wildman–Crippen LogP) is 3.05.